The van der Waals surface area contributed by atoms with Gasteiger partial charge in [0.15, 0.2) is 0 Å². The first-order valence-electron chi connectivity index (χ1n) is 10.2. The van der Waals surface area contributed by atoms with Gasteiger partial charge in [0.1, 0.15) is 6.54 Å². The van der Waals surface area contributed by atoms with E-state index in [-0.39, 0.29) is 18.2 Å². The lowest BCUT2D eigenvalue weighted by molar-refractivity contribution is -0.149. The molecule has 3 rings (SSSR count). The summed E-state index contributed by atoms with van der Waals surface area (Å²) in [6.07, 6.45) is 2.50. The standard InChI is InChI=1S/C23H30N2O4S/c1-13(2)29-20(26)12-25-21(27)19(30-22(25)28)10-16-9-17-15(4)11-23(5,6)24(7)18(17)8-14(16)3/h8-10,13,15H,11-12H2,1-7H3/b19-10+. The van der Waals surface area contributed by atoms with Crippen molar-refractivity contribution in [2.75, 3.05) is 18.5 Å². The number of benzene rings is 1. The SMILES string of the molecule is Cc1cc2c(cc1/C=C1/SC(=O)N(CC(=O)OC(C)C)C1=O)C(C)CC(C)(C)N2C. The molecule has 2 aliphatic heterocycles. The van der Waals surface area contributed by atoms with Gasteiger partial charge >= 0.3 is 5.97 Å². The number of imide groups is 1. The van der Waals surface area contributed by atoms with E-state index in [1.54, 1.807) is 19.9 Å². The van der Waals surface area contributed by atoms with Crippen molar-refractivity contribution in [1.82, 2.24) is 4.90 Å². The van der Waals surface area contributed by atoms with Gasteiger partial charge in [0, 0.05) is 18.3 Å². The summed E-state index contributed by atoms with van der Waals surface area (Å²) >= 11 is 0.865. The maximum atomic E-state index is 12.7. The molecular formula is C23H30N2O4S. The molecule has 7 heteroatoms. The molecule has 0 radical (unpaired) electrons. The predicted octanol–water partition coefficient (Wildman–Crippen LogP) is 4.70. The molecule has 6 nitrogen and oxygen atoms in total. The lowest BCUT2D eigenvalue weighted by Crippen LogP contribution is -2.45. The van der Waals surface area contributed by atoms with Gasteiger partial charge < -0.3 is 9.64 Å². The molecular weight excluding hydrogens is 400 g/mol. The Morgan fingerprint density at radius 3 is 2.63 bits per heavy atom. The van der Waals surface area contributed by atoms with Crippen LogP contribution in [0.25, 0.3) is 6.08 Å². The number of hydrogen-bond donors (Lipinski definition) is 0. The normalized spacial score (nSPS) is 22.1. The van der Waals surface area contributed by atoms with Crippen LogP contribution in [0.1, 0.15) is 63.6 Å². The minimum atomic E-state index is -0.585. The maximum Gasteiger partial charge on any atom is 0.326 e. The van der Waals surface area contributed by atoms with Gasteiger partial charge in [-0.25, -0.2) is 0 Å². The molecule has 2 amide bonds. The van der Waals surface area contributed by atoms with Gasteiger partial charge in [-0.3, -0.25) is 19.3 Å². The van der Waals surface area contributed by atoms with E-state index >= 15 is 0 Å². The topological polar surface area (TPSA) is 66.9 Å². The summed E-state index contributed by atoms with van der Waals surface area (Å²) in [6, 6.07) is 4.28. The Kier molecular flexibility index (Phi) is 6.05. The molecule has 0 saturated carbocycles. The molecule has 162 valence electrons. The van der Waals surface area contributed by atoms with E-state index in [0.717, 1.165) is 34.2 Å². The Bertz CT molecular complexity index is 935. The van der Waals surface area contributed by atoms with Gasteiger partial charge in [-0.15, -0.1) is 0 Å². The second-order valence-corrected chi connectivity index (χ2v) is 10.0. The van der Waals surface area contributed by atoms with E-state index in [2.05, 4.69) is 44.9 Å². The summed E-state index contributed by atoms with van der Waals surface area (Å²) < 4.78 is 5.06. The zero-order chi connectivity index (χ0) is 22.4. The van der Waals surface area contributed by atoms with Crippen LogP contribution < -0.4 is 4.90 Å². The molecule has 0 spiro atoms. The number of thioether (sulfide) groups is 1. The summed E-state index contributed by atoms with van der Waals surface area (Å²) in [6.45, 7) is 11.8. The van der Waals surface area contributed by atoms with Crippen molar-refractivity contribution in [2.45, 2.75) is 65.5 Å². The lowest BCUT2D eigenvalue weighted by atomic mass is 9.79. The second-order valence-electron chi connectivity index (χ2n) is 9.05. The van der Waals surface area contributed by atoms with Gasteiger partial charge in [-0.2, -0.15) is 0 Å². The van der Waals surface area contributed by atoms with Crippen molar-refractivity contribution >= 4 is 40.6 Å². The minimum absolute atomic E-state index is 0.0770. The molecule has 30 heavy (non-hydrogen) atoms. The predicted molar refractivity (Wildman–Crippen MR) is 121 cm³/mol. The number of esters is 1. The highest BCUT2D eigenvalue weighted by Crippen LogP contribution is 2.44. The molecule has 0 bridgehead atoms. The Hall–Kier alpha value is -2.28. The quantitative estimate of drug-likeness (QED) is 0.509. The van der Waals surface area contributed by atoms with Crippen LogP contribution in [0.2, 0.25) is 0 Å². The molecule has 1 fully saturated rings. The number of fused-ring (bicyclic) bond motifs is 1. The third kappa shape index (κ3) is 4.26. The molecule has 0 N–H and O–H groups in total. The average Bonchev–Trinajstić information content (AvgIpc) is 2.87. The smallest absolute Gasteiger partial charge is 0.326 e. The summed E-state index contributed by atoms with van der Waals surface area (Å²) in [5.41, 5.74) is 4.49. The number of aryl methyl sites for hydroxylation is 1. The first-order chi connectivity index (χ1) is 13.9. The number of amides is 2. The fourth-order valence-electron chi connectivity index (χ4n) is 4.10. The number of rotatable bonds is 4. The third-order valence-electron chi connectivity index (χ3n) is 5.84. The molecule has 0 aliphatic carbocycles. The highest BCUT2D eigenvalue weighted by atomic mass is 32.2. The zero-order valence-corrected chi connectivity index (χ0v) is 19.6. The van der Waals surface area contributed by atoms with Crippen LogP contribution in [-0.4, -0.2) is 47.3 Å². The highest BCUT2D eigenvalue weighted by molar-refractivity contribution is 8.18. The van der Waals surface area contributed by atoms with Crippen molar-refractivity contribution in [3.8, 4) is 0 Å². The van der Waals surface area contributed by atoms with E-state index in [1.807, 2.05) is 6.92 Å². The van der Waals surface area contributed by atoms with E-state index in [0.29, 0.717) is 10.8 Å². The Labute approximate surface area is 182 Å². The van der Waals surface area contributed by atoms with Crippen LogP contribution in [0, 0.1) is 6.92 Å². The number of nitrogens with zero attached hydrogens (tertiary/aromatic N) is 2. The molecule has 2 heterocycles. The molecule has 1 aromatic rings. The van der Waals surface area contributed by atoms with Crippen molar-refractivity contribution in [3.05, 3.63) is 33.7 Å². The molecule has 1 saturated heterocycles. The van der Waals surface area contributed by atoms with Crippen LogP contribution in [0.4, 0.5) is 10.5 Å². The first kappa shape index (κ1) is 22.4. The number of ether oxygens (including phenoxy) is 1. The number of hydrogen-bond acceptors (Lipinski definition) is 6. The zero-order valence-electron chi connectivity index (χ0n) is 18.7. The second kappa shape index (κ2) is 8.10. The van der Waals surface area contributed by atoms with Crippen LogP contribution in [-0.2, 0) is 14.3 Å². The Balaban J connectivity index is 1.89. The van der Waals surface area contributed by atoms with Crippen molar-refractivity contribution < 1.29 is 19.1 Å². The van der Waals surface area contributed by atoms with Gasteiger partial charge in [-0.1, -0.05) is 6.92 Å². The Morgan fingerprint density at radius 2 is 2.00 bits per heavy atom. The van der Waals surface area contributed by atoms with Crippen LogP contribution in [0.3, 0.4) is 0 Å². The number of carbonyl (C=O) groups excluding carboxylic acids is 3. The molecule has 1 aromatic carbocycles. The monoisotopic (exact) mass is 430 g/mol. The van der Waals surface area contributed by atoms with Crippen LogP contribution in [0.15, 0.2) is 17.0 Å². The van der Waals surface area contributed by atoms with E-state index in [9.17, 15) is 14.4 Å². The fourth-order valence-corrected chi connectivity index (χ4v) is 4.93. The summed E-state index contributed by atoms with van der Waals surface area (Å²) in [7, 11) is 2.12. The lowest BCUT2D eigenvalue weighted by Gasteiger charge is -2.45. The first-order valence-corrected chi connectivity index (χ1v) is 11.1. The van der Waals surface area contributed by atoms with Crippen molar-refractivity contribution in [1.29, 1.82) is 0 Å². The summed E-state index contributed by atoms with van der Waals surface area (Å²) in [5, 5.41) is -0.447. The highest BCUT2D eigenvalue weighted by Gasteiger charge is 2.38. The minimum Gasteiger partial charge on any atom is -0.462 e. The average molecular weight is 431 g/mol. The molecule has 1 unspecified atom stereocenters. The van der Waals surface area contributed by atoms with E-state index < -0.39 is 17.1 Å². The molecule has 1 atom stereocenters. The van der Waals surface area contributed by atoms with Crippen LogP contribution >= 0.6 is 11.8 Å². The van der Waals surface area contributed by atoms with Crippen LogP contribution in [0.5, 0.6) is 0 Å². The summed E-state index contributed by atoms with van der Waals surface area (Å²) in [4.78, 5) is 40.5. The van der Waals surface area contributed by atoms with E-state index in [4.69, 9.17) is 4.74 Å². The van der Waals surface area contributed by atoms with E-state index in [1.165, 1.54) is 11.3 Å². The number of carbonyl (C=O) groups is 3. The fraction of sp³-hybridized carbons (Fsp3) is 0.522. The van der Waals surface area contributed by atoms with Gasteiger partial charge in [0.2, 0.25) is 0 Å². The van der Waals surface area contributed by atoms with Gasteiger partial charge in [0.25, 0.3) is 11.1 Å². The van der Waals surface area contributed by atoms with Gasteiger partial charge in [0.05, 0.1) is 11.0 Å². The largest absolute Gasteiger partial charge is 0.462 e. The summed E-state index contributed by atoms with van der Waals surface area (Å²) in [5.74, 6) is -0.646. The van der Waals surface area contributed by atoms with Gasteiger partial charge in [-0.05, 0) is 93.6 Å². The van der Waals surface area contributed by atoms with Crippen molar-refractivity contribution in [2.24, 2.45) is 0 Å². The molecule has 2 aliphatic rings. The molecule has 0 aromatic heterocycles. The number of anilines is 1. The third-order valence-corrected chi connectivity index (χ3v) is 6.74. The maximum absolute atomic E-state index is 12.7. The Morgan fingerprint density at radius 1 is 1.33 bits per heavy atom. The van der Waals surface area contributed by atoms with Crippen molar-refractivity contribution in [3.63, 3.8) is 0 Å².